The van der Waals surface area contributed by atoms with Crippen LogP contribution in [0.2, 0.25) is 0 Å². The molecule has 2 rings (SSSR count). The summed E-state index contributed by atoms with van der Waals surface area (Å²) in [5.74, 6) is 1.54. The predicted octanol–water partition coefficient (Wildman–Crippen LogP) is 3.34. The van der Waals surface area contributed by atoms with E-state index in [1.807, 2.05) is 12.1 Å². The number of fused-ring (bicyclic) bond motifs is 1. The number of methoxy groups -OCH3 is 1. The van der Waals surface area contributed by atoms with E-state index in [1.165, 1.54) is 11.1 Å². The topological polar surface area (TPSA) is 26.3 Å². The quantitative estimate of drug-likeness (QED) is 0.799. The van der Waals surface area contributed by atoms with E-state index in [4.69, 9.17) is 4.74 Å². The zero-order valence-corrected chi connectivity index (χ0v) is 10.8. The van der Waals surface area contributed by atoms with Gasteiger partial charge in [0.15, 0.2) is 0 Å². The van der Waals surface area contributed by atoms with Crippen LogP contribution in [0.4, 0.5) is 0 Å². The molecule has 0 saturated carbocycles. The van der Waals surface area contributed by atoms with Crippen LogP contribution in [0, 0.1) is 5.92 Å². The second-order valence-electron chi connectivity index (χ2n) is 4.74. The van der Waals surface area contributed by atoms with Crippen LogP contribution in [0.25, 0.3) is 0 Å². The normalized spacial score (nSPS) is 23.4. The molecule has 0 aliphatic heterocycles. The maximum atomic E-state index is 12.3. The minimum atomic E-state index is 0.0683. The molecule has 2 unspecified atom stereocenters. The first kappa shape index (κ1) is 12.2. The molecule has 0 radical (unpaired) electrons. The first-order chi connectivity index (χ1) is 8.21. The third-order valence-corrected chi connectivity index (χ3v) is 3.84. The van der Waals surface area contributed by atoms with Crippen molar-refractivity contribution in [2.24, 2.45) is 5.92 Å². The summed E-state index contributed by atoms with van der Waals surface area (Å²) in [6.07, 6.45) is 2.72. The van der Waals surface area contributed by atoms with Crippen molar-refractivity contribution in [3.8, 4) is 5.75 Å². The molecule has 0 fully saturated rings. The van der Waals surface area contributed by atoms with Crippen LogP contribution < -0.4 is 4.74 Å². The Hall–Kier alpha value is -1.31. The second kappa shape index (κ2) is 4.91. The number of ketones is 1. The Morgan fingerprint density at radius 2 is 2.06 bits per heavy atom. The molecule has 0 saturated heterocycles. The number of carbonyl (C=O) groups excluding carboxylic acids is 1. The van der Waals surface area contributed by atoms with E-state index in [0.717, 1.165) is 25.0 Å². The first-order valence-corrected chi connectivity index (χ1v) is 6.41. The van der Waals surface area contributed by atoms with Gasteiger partial charge in [0.2, 0.25) is 0 Å². The molecule has 0 aromatic heterocycles. The van der Waals surface area contributed by atoms with Gasteiger partial charge in [-0.05, 0) is 42.5 Å². The zero-order chi connectivity index (χ0) is 12.4. The Kier molecular flexibility index (Phi) is 3.51. The van der Waals surface area contributed by atoms with Crippen molar-refractivity contribution >= 4 is 5.78 Å². The zero-order valence-electron chi connectivity index (χ0n) is 10.8. The Balaban J connectivity index is 2.45. The molecule has 0 bridgehead atoms. The number of hydrogen-bond donors (Lipinski definition) is 0. The average Bonchev–Trinajstić information content (AvgIpc) is 2.37. The van der Waals surface area contributed by atoms with Crippen LogP contribution in [-0.4, -0.2) is 12.9 Å². The Bertz CT molecular complexity index is 423. The minimum absolute atomic E-state index is 0.0683. The van der Waals surface area contributed by atoms with Gasteiger partial charge in [-0.2, -0.15) is 0 Å². The number of Topliss-reactive ketones (excluding diaryl/α,β-unsaturated/α-hetero) is 1. The van der Waals surface area contributed by atoms with E-state index in [-0.39, 0.29) is 11.8 Å². The lowest BCUT2D eigenvalue weighted by Crippen LogP contribution is -2.29. The number of rotatable bonds is 3. The van der Waals surface area contributed by atoms with Crippen molar-refractivity contribution in [3.63, 3.8) is 0 Å². The van der Waals surface area contributed by atoms with Gasteiger partial charge in [0, 0.05) is 11.8 Å². The summed E-state index contributed by atoms with van der Waals surface area (Å²) < 4.78 is 5.25. The van der Waals surface area contributed by atoms with Gasteiger partial charge in [-0.3, -0.25) is 4.79 Å². The van der Waals surface area contributed by atoms with Crippen molar-refractivity contribution in [3.05, 3.63) is 29.3 Å². The van der Waals surface area contributed by atoms with E-state index < -0.39 is 0 Å². The molecule has 2 atom stereocenters. The molecule has 0 heterocycles. The molecule has 0 amide bonds. The molecule has 1 aliphatic carbocycles. The van der Waals surface area contributed by atoms with Gasteiger partial charge in [0.25, 0.3) is 0 Å². The summed E-state index contributed by atoms with van der Waals surface area (Å²) in [5, 5.41) is 0. The molecular formula is C15H20O2. The highest BCUT2D eigenvalue weighted by Gasteiger charge is 2.32. The van der Waals surface area contributed by atoms with Gasteiger partial charge in [-0.25, -0.2) is 0 Å². The summed E-state index contributed by atoms with van der Waals surface area (Å²) in [6, 6.07) is 6.15. The highest BCUT2D eigenvalue weighted by Crippen LogP contribution is 2.37. The molecule has 1 aromatic carbocycles. The van der Waals surface area contributed by atoms with Crippen LogP contribution in [0.15, 0.2) is 18.2 Å². The van der Waals surface area contributed by atoms with Crippen LogP contribution >= 0.6 is 0 Å². The van der Waals surface area contributed by atoms with Gasteiger partial charge < -0.3 is 4.74 Å². The SMILES string of the molecule is CCC1Cc2ccc(OC)cc2C(CC)C1=O. The smallest absolute Gasteiger partial charge is 0.143 e. The Morgan fingerprint density at radius 1 is 1.29 bits per heavy atom. The minimum Gasteiger partial charge on any atom is -0.497 e. The first-order valence-electron chi connectivity index (χ1n) is 6.41. The number of carbonyl (C=O) groups is 1. The van der Waals surface area contributed by atoms with E-state index in [1.54, 1.807) is 7.11 Å². The molecule has 2 heteroatoms. The van der Waals surface area contributed by atoms with Gasteiger partial charge in [0.05, 0.1) is 7.11 Å². The molecular weight excluding hydrogens is 212 g/mol. The van der Waals surface area contributed by atoms with Gasteiger partial charge in [0.1, 0.15) is 11.5 Å². The van der Waals surface area contributed by atoms with Crippen molar-refractivity contribution in [2.75, 3.05) is 7.11 Å². The fraction of sp³-hybridized carbons (Fsp3) is 0.533. The highest BCUT2D eigenvalue weighted by atomic mass is 16.5. The van der Waals surface area contributed by atoms with Crippen LogP contribution in [0.1, 0.15) is 43.7 Å². The second-order valence-corrected chi connectivity index (χ2v) is 4.74. The number of ether oxygens (including phenoxy) is 1. The summed E-state index contributed by atoms with van der Waals surface area (Å²) in [7, 11) is 1.67. The van der Waals surface area contributed by atoms with E-state index in [9.17, 15) is 4.79 Å². The Labute approximate surface area is 103 Å². The van der Waals surface area contributed by atoms with Crippen molar-refractivity contribution in [2.45, 2.75) is 39.0 Å². The maximum Gasteiger partial charge on any atom is 0.143 e. The number of benzene rings is 1. The van der Waals surface area contributed by atoms with E-state index in [2.05, 4.69) is 19.9 Å². The average molecular weight is 232 g/mol. The third kappa shape index (κ3) is 2.08. The monoisotopic (exact) mass is 232 g/mol. The van der Waals surface area contributed by atoms with E-state index >= 15 is 0 Å². The van der Waals surface area contributed by atoms with Gasteiger partial charge >= 0.3 is 0 Å². The lowest BCUT2D eigenvalue weighted by molar-refractivity contribution is -0.125. The van der Waals surface area contributed by atoms with Crippen LogP contribution in [0.3, 0.4) is 0 Å². The fourth-order valence-corrected chi connectivity index (χ4v) is 2.78. The maximum absolute atomic E-state index is 12.3. The van der Waals surface area contributed by atoms with Gasteiger partial charge in [-0.1, -0.05) is 19.9 Å². The summed E-state index contributed by atoms with van der Waals surface area (Å²) >= 11 is 0. The largest absolute Gasteiger partial charge is 0.497 e. The van der Waals surface area contributed by atoms with Crippen LogP contribution in [0.5, 0.6) is 5.75 Å². The predicted molar refractivity (Wildman–Crippen MR) is 68.5 cm³/mol. The molecule has 1 aromatic rings. The lowest BCUT2D eigenvalue weighted by atomic mass is 9.74. The Morgan fingerprint density at radius 3 is 2.65 bits per heavy atom. The van der Waals surface area contributed by atoms with Gasteiger partial charge in [-0.15, -0.1) is 0 Å². The molecule has 92 valence electrons. The summed E-state index contributed by atoms with van der Waals surface area (Å²) in [6.45, 7) is 4.19. The van der Waals surface area contributed by atoms with Crippen LogP contribution in [-0.2, 0) is 11.2 Å². The third-order valence-electron chi connectivity index (χ3n) is 3.84. The molecule has 1 aliphatic rings. The standard InChI is InChI=1S/C15H20O2/c1-4-10-8-11-6-7-12(17-3)9-14(11)13(5-2)15(10)16/h6-7,9-10,13H,4-5,8H2,1-3H3. The van der Waals surface area contributed by atoms with E-state index in [0.29, 0.717) is 5.78 Å². The molecule has 17 heavy (non-hydrogen) atoms. The van der Waals surface area contributed by atoms with Crippen molar-refractivity contribution in [1.29, 1.82) is 0 Å². The fourth-order valence-electron chi connectivity index (χ4n) is 2.78. The lowest BCUT2D eigenvalue weighted by Gasteiger charge is -2.29. The van der Waals surface area contributed by atoms with Crippen molar-refractivity contribution in [1.82, 2.24) is 0 Å². The molecule has 0 N–H and O–H groups in total. The molecule has 0 spiro atoms. The molecule has 2 nitrogen and oxygen atoms in total. The summed E-state index contributed by atoms with van der Waals surface area (Å²) in [4.78, 5) is 12.3. The summed E-state index contributed by atoms with van der Waals surface area (Å²) in [5.41, 5.74) is 2.51. The highest BCUT2D eigenvalue weighted by molar-refractivity contribution is 5.90. The number of hydrogen-bond acceptors (Lipinski definition) is 2. The van der Waals surface area contributed by atoms with Crippen molar-refractivity contribution < 1.29 is 9.53 Å².